The second-order valence-corrected chi connectivity index (χ2v) is 6.65. The van der Waals surface area contributed by atoms with Crippen molar-refractivity contribution in [3.63, 3.8) is 0 Å². The summed E-state index contributed by atoms with van der Waals surface area (Å²) in [6, 6.07) is 17.1. The van der Waals surface area contributed by atoms with Crippen LogP contribution in [0.5, 0.6) is 5.75 Å². The van der Waals surface area contributed by atoms with Crippen LogP contribution >= 0.6 is 23.7 Å². The fourth-order valence-corrected chi connectivity index (χ4v) is 3.62. The van der Waals surface area contributed by atoms with Gasteiger partial charge in [-0.2, -0.15) is 0 Å². The largest absolute Gasteiger partial charge is 0.488 e. The Morgan fingerprint density at radius 2 is 1.92 bits per heavy atom. The Kier molecular flexibility index (Phi) is 5.08. The van der Waals surface area contributed by atoms with Crippen LogP contribution in [-0.2, 0) is 13.2 Å². The molecule has 2 aromatic carbocycles. The predicted octanol–water partition coefficient (Wildman–Crippen LogP) is 4.47. The number of fused-ring (bicyclic) bond motifs is 2. The first kappa shape index (κ1) is 17.5. The molecule has 25 heavy (non-hydrogen) atoms. The van der Waals surface area contributed by atoms with Crippen LogP contribution < -0.4 is 15.9 Å². The van der Waals surface area contributed by atoms with E-state index in [0.29, 0.717) is 29.1 Å². The lowest BCUT2D eigenvalue weighted by molar-refractivity contribution is 0.310. The first-order chi connectivity index (χ1) is 11.7. The van der Waals surface area contributed by atoms with E-state index in [1.165, 1.54) is 16.2 Å². The van der Waals surface area contributed by atoms with Gasteiger partial charge in [0.2, 0.25) is 0 Å². The van der Waals surface area contributed by atoms with Crippen molar-refractivity contribution in [2.24, 2.45) is 5.73 Å². The molecule has 0 aliphatic carbocycles. The first-order valence-corrected chi connectivity index (χ1v) is 8.42. The molecule has 0 saturated heterocycles. The van der Waals surface area contributed by atoms with Gasteiger partial charge in [-0.15, -0.1) is 23.7 Å². The minimum atomic E-state index is -0.0900. The Bertz CT molecular complexity index is 1050. The number of nitrogens with two attached hydrogens (primary N) is 1. The van der Waals surface area contributed by atoms with Crippen LogP contribution in [-0.4, -0.2) is 0 Å². The molecule has 0 aliphatic rings. The molecule has 4 aromatic rings. The third-order valence-corrected chi connectivity index (χ3v) is 4.90. The van der Waals surface area contributed by atoms with E-state index in [9.17, 15) is 4.79 Å². The molecule has 128 valence electrons. The van der Waals surface area contributed by atoms with Crippen LogP contribution in [0.25, 0.3) is 21.1 Å². The lowest BCUT2D eigenvalue weighted by atomic mass is 10.2. The third kappa shape index (κ3) is 3.54. The van der Waals surface area contributed by atoms with E-state index in [1.807, 2.05) is 12.1 Å². The Hall–Kier alpha value is -2.34. The highest BCUT2D eigenvalue weighted by molar-refractivity contribution is 7.19. The molecule has 6 heteroatoms. The lowest BCUT2D eigenvalue weighted by Gasteiger charge is -2.06. The van der Waals surface area contributed by atoms with Crippen molar-refractivity contribution in [2.75, 3.05) is 0 Å². The zero-order valence-corrected chi connectivity index (χ0v) is 14.9. The quantitative estimate of drug-likeness (QED) is 0.573. The Balaban J connectivity index is 0.00000182. The van der Waals surface area contributed by atoms with Gasteiger partial charge in [0.15, 0.2) is 5.43 Å². The molecule has 2 aromatic heterocycles. The molecule has 0 atom stereocenters. The monoisotopic (exact) mass is 373 g/mol. The van der Waals surface area contributed by atoms with Crippen LogP contribution in [0.4, 0.5) is 0 Å². The van der Waals surface area contributed by atoms with Crippen molar-refractivity contribution in [1.29, 1.82) is 0 Å². The summed E-state index contributed by atoms with van der Waals surface area (Å²) in [5.74, 6) is 1.13. The van der Waals surface area contributed by atoms with Gasteiger partial charge < -0.3 is 14.9 Å². The van der Waals surface area contributed by atoms with Crippen molar-refractivity contribution >= 4 is 44.8 Å². The Morgan fingerprint density at radius 3 is 2.72 bits per heavy atom. The summed E-state index contributed by atoms with van der Waals surface area (Å²) in [7, 11) is 0. The zero-order chi connectivity index (χ0) is 16.5. The van der Waals surface area contributed by atoms with Crippen molar-refractivity contribution in [2.45, 2.75) is 13.2 Å². The van der Waals surface area contributed by atoms with Crippen molar-refractivity contribution in [1.82, 2.24) is 0 Å². The molecule has 0 aliphatic heterocycles. The zero-order valence-electron chi connectivity index (χ0n) is 13.2. The van der Waals surface area contributed by atoms with Gasteiger partial charge in [0.1, 0.15) is 23.7 Å². The molecule has 4 rings (SSSR count). The van der Waals surface area contributed by atoms with Gasteiger partial charge in [-0.25, -0.2) is 0 Å². The molecule has 0 radical (unpaired) electrons. The molecule has 4 nitrogen and oxygen atoms in total. The second kappa shape index (κ2) is 7.27. The molecule has 2 N–H and O–H groups in total. The average molecular weight is 374 g/mol. The van der Waals surface area contributed by atoms with Crippen LogP contribution in [0.2, 0.25) is 0 Å². The highest BCUT2D eigenvalue weighted by Crippen LogP contribution is 2.27. The smallest absolute Gasteiger partial charge is 0.193 e. The van der Waals surface area contributed by atoms with Gasteiger partial charge in [0.25, 0.3) is 0 Å². The third-order valence-electron chi connectivity index (χ3n) is 3.81. The standard InChI is InChI=1S/C19H15NO3S.ClH/c20-10-14-8-17(21)16-6-5-13(9-18(16)23-14)22-11-15-7-12-3-1-2-4-19(12)24-15;/h1-9H,10-11,20H2;1H. The molecule has 0 amide bonds. The molecule has 0 saturated carbocycles. The van der Waals surface area contributed by atoms with E-state index in [1.54, 1.807) is 29.5 Å². The summed E-state index contributed by atoms with van der Waals surface area (Å²) < 4.78 is 12.7. The van der Waals surface area contributed by atoms with Crippen LogP contribution in [0, 0.1) is 0 Å². The molecular weight excluding hydrogens is 358 g/mol. The van der Waals surface area contributed by atoms with E-state index in [-0.39, 0.29) is 24.4 Å². The van der Waals surface area contributed by atoms with Gasteiger partial charge in [-0.1, -0.05) is 18.2 Å². The number of hydrogen-bond donors (Lipinski definition) is 1. The normalized spacial score (nSPS) is 10.8. The summed E-state index contributed by atoms with van der Waals surface area (Å²) in [5.41, 5.74) is 5.96. The van der Waals surface area contributed by atoms with Gasteiger partial charge in [-0.3, -0.25) is 4.79 Å². The van der Waals surface area contributed by atoms with E-state index < -0.39 is 0 Å². The van der Waals surface area contributed by atoms with E-state index >= 15 is 0 Å². The number of rotatable bonds is 4. The Labute approximate surface area is 154 Å². The van der Waals surface area contributed by atoms with E-state index in [2.05, 4.69) is 18.2 Å². The minimum absolute atomic E-state index is 0. The molecule has 0 unspecified atom stereocenters. The summed E-state index contributed by atoms with van der Waals surface area (Å²) in [6.45, 7) is 0.670. The summed E-state index contributed by atoms with van der Waals surface area (Å²) >= 11 is 1.71. The number of thiophene rings is 1. The van der Waals surface area contributed by atoms with Crippen molar-refractivity contribution < 1.29 is 9.15 Å². The lowest BCUT2D eigenvalue weighted by Crippen LogP contribution is -2.05. The highest BCUT2D eigenvalue weighted by Gasteiger charge is 2.07. The molecule has 0 bridgehead atoms. The number of hydrogen-bond acceptors (Lipinski definition) is 5. The minimum Gasteiger partial charge on any atom is -0.488 e. The molecule has 0 spiro atoms. The maximum atomic E-state index is 12.0. The van der Waals surface area contributed by atoms with Crippen LogP contribution in [0.1, 0.15) is 10.6 Å². The molecular formula is C19H16ClNO3S. The van der Waals surface area contributed by atoms with Gasteiger partial charge in [0.05, 0.1) is 11.9 Å². The van der Waals surface area contributed by atoms with Gasteiger partial charge in [-0.05, 0) is 29.7 Å². The summed E-state index contributed by atoms with van der Waals surface area (Å²) in [5, 5.41) is 1.75. The summed E-state index contributed by atoms with van der Waals surface area (Å²) in [4.78, 5) is 13.1. The van der Waals surface area contributed by atoms with Crippen molar-refractivity contribution in [3.05, 3.63) is 75.5 Å². The Morgan fingerprint density at radius 1 is 1.08 bits per heavy atom. The highest BCUT2D eigenvalue weighted by atomic mass is 35.5. The fraction of sp³-hybridized carbons (Fsp3) is 0.105. The first-order valence-electron chi connectivity index (χ1n) is 7.60. The maximum Gasteiger partial charge on any atom is 0.193 e. The number of ether oxygens (including phenoxy) is 1. The topological polar surface area (TPSA) is 65.5 Å². The SMILES string of the molecule is Cl.NCc1cc(=O)c2ccc(OCc3cc4ccccc4s3)cc2o1. The maximum absolute atomic E-state index is 12.0. The number of halogens is 1. The molecule has 2 heterocycles. The van der Waals surface area contributed by atoms with Gasteiger partial charge in [0, 0.05) is 21.7 Å². The van der Waals surface area contributed by atoms with E-state index in [0.717, 1.165) is 4.88 Å². The van der Waals surface area contributed by atoms with Gasteiger partial charge >= 0.3 is 0 Å². The van der Waals surface area contributed by atoms with Crippen molar-refractivity contribution in [3.8, 4) is 5.75 Å². The fourth-order valence-electron chi connectivity index (χ4n) is 2.64. The second-order valence-electron chi connectivity index (χ2n) is 5.48. The van der Waals surface area contributed by atoms with Crippen LogP contribution in [0.3, 0.4) is 0 Å². The van der Waals surface area contributed by atoms with E-state index in [4.69, 9.17) is 14.9 Å². The number of benzene rings is 2. The average Bonchev–Trinajstić information content (AvgIpc) is 3.02. The molecule has 0 fully saturated rings. The predicted molar refractivity (Wildman–Crippen MR) is 104 cm³/mol. The summed E-state index contributed by atoms with van der Waals surface area (Å²) in [6.07, 6.45) is 0. The van der Waals surface area contributed by atoms with Crippen LogP contribution in [0.15, 0.2) is 63.8 Å².